The third-order valence-electron chi connectivity index (χ3n) is 6.60. The molecule has 2 aliphatic heterocycles. The maximum absolute atomic E-state index is 13.0. The molecule has 1 N–H and O–H groups in total. The number of Topliss-reactive ketones (excluding diaryl/α,β-unsaturated/α-hetero) is 1. The third-order valence-corrected chi connectivity index (χ3v) is 6.60. The topological polar surface area (TPSA) is 79.3 Å². The highest BCUT2D eigenvalue weighted by Crippen LogP contribution is 2.34. The zero-order valence-corrected chi connectivity index (χ0v) is 16.3. The van der Waals surface area contributed by atoms with E-state index in [0.717, 1.165) is 25.9 Å². The van der Waals surface area contributed by atoms with Gasteiger partial charge in [-0.25, -0.2) is 0 Å². The van der Waals surface area contributed by atoms with Crippen molar-refractivity contribution in [3.8, 4) is 0 Å². The number of rotatable bonds is 6. The predicted octanol–water partition coefficient (Wildman–Crippen LogP) is 2.08. The van der Waals surface area contributed by atoms with E-state index in [1.54, 1.807) is 0 Å². The molecular weight excluding hydrogens is 334 g/mol. The summed E-state index contributed by atoms with van der Waals surface area (Å²) in [5.74, 6) is 0.745. The van der Waals surface area contributed by atoms with E-state index in [0.29, 0.717) is 44.1 Å². The summed E-state index contributed by atoms with van der Waals surface area (Å²) in [6.07, 6.45) is 4.23. The second-order valence-electron chi connectivity index (χ2n) is 8.47. The normalized spacial score (nSPS) is 39.3. The Morgan fingerprint density at radius 1 is 1.27 bits per heavy atom. The van der Waals surface area contributed by atoms with Crippen LogP contribution in [-0.4, -0.2) is 76.6 Å². The minimum absolute atomic E-state index is 0.00277. The summed E-state index contributed by atoms with van der Waals surface area (Å²) in [4.78, 5) is 17.9. The Morgan fingerprint density at radius 3 is 2.73 bits per heavy atom. The molecular formula is C19H34N3O4-. The van der Waals surface area contributed by atoms with Gasteiger partial charge in [-0.15, -0.1) is 0 Å². The lowest BCUT2D eigenvalue weighted by molar-refractivity contribution is -0.152. The van der Waals surface area contributed by atoms with Crippen LogP contribution in [0, 0.1) is 17.0 Å². The monoisotopic (exact) mass is 368 g/mol. The smallest absolute Gasteiger partial charge is 0.150 e. The van der Waals surface area contributed by atoms with Gasteiger partial charge in [0.05, 0.1) is 18.8 Å². The number of carbonyl (C=O) groups excluding carboxylic acids is 1. The standard InChI is InChI=1S/C19H34N3O4/c1-4-26-18-6-5-15(10-16(18)22(24)25)17(23)12-21-14(3)11-20-8-7-13(2)9-19(20)21/h13-16,18-19,24H,4-12H2,1-3H3/q-1. The van der Waals surface area contributed by atoms with Gasteiger partial charge in [0.2, 0.25) is 0 Å². The van der Waals surface area contributed by atoms with Crippen LogP contribution in [0.25, 0.3) is 0 Å². The molecule has 3 fully saturated rings. The molecule has 0 bridgehead atoms. The maximum Gasteiger partial charge on any atom is 0.150 e. The molecule has 0 aromatic heterocycles. The molecule has 0 aromatic carbocycles. The number of nitrogens with zero attached hydrogens (tertiary/aromatic N) is 3. The fourth-order valence-electron chi connectivity index (χ4n) is 5.08. The fraction of sp³-hybridized carbons (Fsp3) is 0.947. The van der Waals surface area contributed by atoms with Gasteiger partial charge in [0.25, 0.3) is 0 Å². The quantitative estimate of drug-likeness (QED) is 0.719. The summed E-state index contributed by atoms with van der Waals surface area (Å²) in [7, 11) is 0. The van der Waals surface area contributed by atoms with Crippen LogP contribution in [0.4, 0.5) is 0 Å². The fourth-order valence-corrected chi connectivity index (χ4v) is 5.08. The van der Waals surface area contributed by atoms with Crippen LogP contribution in [0.2, 0.25) is 0 Å². The number of piperidine rings is 1. The molecule has 0 aromatic rings. The Labute approximate surface area is 156 Å². The summed E-state index contributed by atoms with van der Waals surface area (Å²) in [5.41, 5.74) is 0. The molecule has 1 saturated carbocycles. The summed E-state index contributed by atoms with van der Waals surface area (Å²) in [6, 6.07) is -0.251. The Kier molecular flexibility index (Phi) is 6.69. The Hall–Kier alpha value is -0.570. The van der Waals surface area contributed by atoms with Crippen molar-refractivity contribution in [1.82, 2.24) is 15.0 Å². The molecule has 7 nitrogen and oxygen atoms in total. The first-order valence-electron chi connectivity index (χ1n) is 10.2. The number of ether oxygens (including phenoxy) is 1. The van der Waals surface area contributed by atoms with E-state index < -0.39 is 6.04 Å². The summed E-state index contributed by atoms with van der Waals surface area (Å²) < 4.78 is 5.59. The molecule has 6 unspecified atom stereocenters. The van der Waals surface area contributed by atoms with Crippen LogP contribution in [0.3, 0.4) is 0 Å². The lowest BCUT2D eigenvalue weighted by atomic mass is 9.81. The van der Waals surface area contributed by atoms with Crippen LogP contribution >= 0.6 is 0 Å². The van der Waals surface area contributed by atoms with Gasteiger partial charge in [-0.05, 0) is 58.4 Å². The minimum atomic E-state index is -0.639. The maximum atomic E-state index is 13.0. The summed E-state index contributed by atoms with van der Waals surface area (Å²) in [6.45, 7) is 9.51. The average molecular weight is 368 g/mol. The predicted molar refractivity (Wildman–Crippen MR) is 98.5 cm³/mol. The van der Waals surface area contributed by atoms with Gasteiger partial charge in [-0.1, -0.05) is 6.92 Å². The molecule has 2 saturated heterocycles. The highest BCUT2D eigenvalue weighted by molar-refractivity contribution is 5.83. The van der Waals surface area contributed by atoms with Gasteiger partial charge in [-0.3, -0.25) is 19.8 Å². The Bertz CT molecular complexity index is 489. The lowest BCUT2D eigenvalue weighted by Gasteiger charge is -2.42. The van der Waals surface area contributed by atoms with Crippen molar-refractivity contribution in [2.24, 2.45) is 11.8 Å². The van der Waals surface area contributed by atoms with Crippen molar-refractivity contribution in [1.29, 1.82) is 0 Å². The van der Waals surface area contributed by atoms with E-state index in [-0.39, 0.29) is 23.0 Å². The van der Waals surface area contributed by atoms with E-state index in [9.17, 15) is 15.2 Å². The van der Waals surface area contributed by atoms with E-state index in [1.807, 2.05) is 6.92 Å². The molecule has 6 atom stereocenters. The molecule has 150 valence electrons. The average Bonchev–Trinajstić information content (AvgIpc) is 2.90. The van der Waals surface area contributed by atoms with Crippen molar-refractivity contribution in [2.75, 3.05) is 26.2 Å². The van der Waals surface area contributed by atoms with Gasteiger partial charge < -0.3 is 15.2 Å². The van der Waals surface area contributed by atoms with Gasteiger partial charge in [-0.2, -0.15) is 0 Å². The first-order chi connectivity index (χ1) is 12.4. The van der Waals surface area contributed by atoms with Crippen LogP contribution in [-0.2, 0) is 9.53 Å². The van der Waals surface area contributed by atoms with Crippen molar-refractivity contribution in [2.45, 2.75) is 77.2 Å². The molecule has 1 aliphatic carbocycles. The summed E-state index contributed by atoms with van der Waals surface area (Å²) in [5, 5.41) is 21.0. The second kappa shape index (κ2) is 8.63. The number of ketones is 1. The summed E-state index contributed by atoms with van der Waals surface area (Å²) >= 11 is 0. The number of hydrogen-bond donors (Lipinski definition) is 1. The van der Waals surface area contributed by atoms with Crippen LogP contribution in [0.5, 0.6) is 0 Å². The Morgan fingerprint density at radius 2 is 2.04 bits per heavy atom. The van der Waals surface area contributed by atoms with Gasteiger partial charge in [0.1, 0.15) is 5.78 Å². The molecule has 26 heavy (non-hydrogen) atoms. The zero-order chi connectivity index (χ0) is 18.8. The number of hydroxylamine groups is 2. The van der Waals surface area contributed by atoms with E-state index in [2.05, 4.69) is 23.6 Å². The first-order valence-corrected chi connectivity index (χ1v) is 10.2. The molecule has 3 aliphatic rings. The molecule has 0 radical (unpaired) electrons. The molecule has 3 rings (SSSR count). The number of carbonyl (C=O) groups is 1. The first kappa shape index (κ1) is 20.2. The van der Waals surface area contributed by atoms with Gasteiger partial charge >= 0.3 is 0 Å². The van der Waals surface area contributed by atoms with Crippen molar-refractivity contribution in [3.63, 3.8) is 0 Å². The lowest BCUT2D eigenvalue weighted by Crippen LogP contribution is -2.50. The SMILES string of the molecule is CCOC1CCC(C(=O)CN2C(C)CN3CCC(C)CC32)CC1N([O-])O. The van der Waals surface area contributed by atoms with Crippen molar-refractivity contribution in [3.05, 3.63) is 5.21 Å². The number of fused-ring (bicyclic) bond motifs is 1. The highest BCUT2D eigenvalue weighted by atomic mass is 16.8. The minimum Gasteiger partial charge on any atom is -0.762 e. The van der Waals surface area contributed by atoms with Crippen LogP contribution in [0.1, 0.15) is 52.9 Å². The van der Waals surface area contributed by atoms with Crippen molar-refractivity contribution < 1.29 is 14.7 Å². The van der Waals surface area contributed by atoms with Gasteiger partial charge in [0, 0.05) is 31.2 Å². The third kappa shape index (κ3) is 4.29. The van der Waals surface area contributed by atoms with E-state index in [4.69, 9.17) is 4.74 Å². The molecule has 0 spiro atoms. The zero-order valence-electron chi connectivity index (χ0n) is 16.3. The van der Waals surface area contributed by atoms with Crippen molar-refractivity contribution >= 4 is 5.78 Å². The van der Waals surface area contributed by atoms with E-state index >= 15 is 0 Å². The van der Waals surface area contributed by atoms with E-state index in [1.165, 1.54) is 6.42 Å². The second-order valence-corrected chi connectivity index (χ2v) is 8.47. The Balaban J connectivity index is 1.60. The van der Waals surface area contributed by atoms with Gasteiger partial charge in [0.15, 0.2) is 0 Å². The largest absolute Gasteiger partial charge is 0.762 e. The molecule has 0 amide bonds. The number of hydrogen-bond acceptors (Lipinski definition) is 7. The highest BCUT2D eigenvalue weighted by Gasteiger charge is 2.42. The van der Waals surface area contributed by atoms with Crippen LogP contribution < -0.4 is 0 Å². The molecule has 2 heterocycles. The molecule has 7 heteroatoms. The van der Waals surface area contributed by atoms with Crippen LogP contribution in [0.15, 0.2) is 0 Å².